The SMILES string of the molecule is C[C@H]1C[C@H](C(=O)O)N[C@@H]1c1ccccc1. The third-order valence-electron chi connectivity index (χ3n) is 3.01. The van der Waals surface area contributed by atoms with Crippen LogP contribution in [-0.4, -0.2) is 17.1 Å². The number of carboxylic acid groups (broad SMARTS) is 1. The molecule has 0 spiro atoms. The highest BCUT2D eigenvalue weighted by molar-refractivity contribution is 5.74. The van der Waals surface area contributed by atoms with Gasteiger partial charge in [-0.3, -0.25) is 10.1 Å². The van der Waals surface area contributed by atoms with Gasteiger partial charge in [0.2, 0.25) is 0 Å². The van der Waals surface area contributed by atoms with E-state index in [4.69, 9.17) is 5.11 Å². The summed E-state index contributed by atoms with van der Waals surface area (Å²) in [6, 6.07) is 9.79. The van der Waals surface area contributed by atoms with Crippen LogP contribution in [-0.2, 0) is 4.79 Å². The van der Waals surface area contributed by atoms with Crippen molar-refractivity contribution in [2.45, 2.75) is 25.4 Å². The molecule has 0 saturated carbocycles. The molecule has 3 heteroatoms. The highest BCUT2D eigenvalue weighted by atomic mass is 16.4. The first-order chi connectivity index (χ1) is 7.18. The van der Waals surface area contributed by atoms with Crippen molar-refractivity contribution < 1.29 is 9.90 Å². The van der Waals surface area contributed by atoms with Crippen molar-refractivity contribution in [2.75, 3.05) is 0 Å². The van der Waals surface area contributed by atoms with Crippen molar-refractivity contribution in [2.24, 2.45) is 5.92 Å². The molecule has 80 valence electrons. The Morgan fingerprint density at radius 3 is 2.60 bits per heavy atom. The maximum absolute atomic E-state index is 10.9. The molecule has 0 radical (unpaired) electrons. The van der Waals surface area contributed by atoms with E-state index in [-0.39, 0.29) is 6.04 Å². The summed E-state index contributed by atoms with van der Waals surface area (Å²) in [4.78, 5) is 10.9. The van der Waals surface area contributed by atoms with Crippen LogP contribution in [0.1, 0.15) is 24.9 Å². The fourth-order valence-electron chi connectivity index (χ4n) is 2.21. The molecule has 0 unspecified atom stereocenters. The second kappa shape index (κ2) is 4.03. The number of benzene rings is 1. The first-order valence-electron chi connectivity index (χ1n) is 5.22. The monoisotopic (exact) mass is 205 g/mol. The third-order valence-corrected chi connectivity index (χ3v) is 3.01. The third kappa shape index (κ3) is 2.02. The first-order valence-corrected chi connectivity index (χ1v) is 5.22. The minimum Gasteiger partial charge on any atom is -0.480 e. The van der Waals surface area contributed by atoms with Crippen LogP contribution in [0.15, 0.2) is 30.3 Å². The Labute approximate surface area is 89.1 Å². The second-order valence-electron chi connectivity index (χ2n) is 4.16. The van der Waals surface area contributed by atoms with Crippen molar-refractivity contribution in [3.63, 3.8) is 0 Å². The number of carbonyl (C=O) groups is 1. The number of aliphatic carboxylic acids is 1. The average molecular weight is 205 g/mol. The summed E-state index contributed by atoms with van der Waals surface area (Å²) < 4.78 is 0. The molecular formula is C12H15NO2. The van der Waals surface area contributed by atoms with Gasteiger partial charge in [-0.1, -0.05) is 37.3 Å². The highest BCUT2D eigenvalue weighted by Crippen LogP contribution is 2.31. The second-order valence-corrected chi connectivity index (χ2v) is 4.16. The van der Waals surface area contributed by atoms with Crippen molar-refractivity contribution in [3.05, 3.63) is 35.9 Å². The molecule has 1 aliphatic rings. The van der Waals surface area contributed by atoms with Gasteiger partial charge in [-0.25, -0.2) is 0 Å². The molecule has 0 aromatic heterocycles. The van der Waals surface area contributed by atoms with Gasteiger partial charge < -0.3 is 5.11 Å². The summed E-state index contributed by atoms with van der Waals surface area (Å²) >= 11 is 0. The van der Waals surface area contributed by atoms with E-state index in [0.717, 1.165) is 0 Å². The number of nitrogens with one attached hydrogen (secondary N) is 1. The molecule has 1 saturated heterocycles. The Kier molecular flexibility index (Phi) is 2.73. The summed E-state index contributed by atoms with van der Waals surface area (Å²) in [5.41, 5.74) is 1.17. The van der Waals surface area contributed by atoms with Gasteiger partial charge in [-0.15, -0.1) is 0 Å². The van der Waals surface area contributed by atoms with E-state index in [0.29, 0.717) is 12.3 Å². The molecule has 1 aromatic carbocycles. The fourth-order valence-corrected chi connectivity index (χ4v) is 2.21. The quantitative estimate of drug-likeness (QED) is 0.774. The van der Waals surface area contributed by atoms with E-state index in [1.54, 1.807) is 0 Å². The van der Waals surface area contributed by atoms with Crippen LogP contribution in [0.2, 0.25) is 0 Å². The van der Waals surface area contributed by atoms with Crippen LogP contribution in [0.3, 0.4) is 0 Å². The van der Waals surface area contributed by atoms with Crippen molar-refractivity contribution in [3.8, 4) is 0 Å². The Morgan fingerprint density at radius 2 is 2.07 bits per heavy atom. The molecule has 1 aliphatic heterocycles. The molecule has 1 aromatic rings. The zero-order chi connectivity index (χ0) is 10.8. The van der Waals surface area contributed by atoms with Crippen LogP contribution < -0.4 is 5.32 Å². The van der Waals surface area contributed by atoms with E-state index >= 15 is 0 Å². The molecule has 3 atom stereocenters. The average Bonchev–Trinajstić information content (AvgIpc) is 2.62. The van der Waals surface area contributed by atoms with Gasteiger partial charge in [0, 0.05) is 6.04 Å². The summed E-state index contributed by atoms with van der Waals surface area (Å²) in [6.45, 7) is 2.09. The number of hydrogen-bond donors (Lipinski definition) is 2. The number of hydrogen-bond acceptors (Lipinski definition) is 2. The molecule has 0 amide bonds. The summed E-state index contributed by atoms with van der Waals surface area (Å²) in [6.07, 6.45) is 0.703. The van der Waals surface area contributed by atoms with Crippen molar-refractivity contribution in [1.82, 2.24) is 5.32 Å². The fraction of sp³-hybridized carbons (Fsp3) is 0.417. The van der Waals surface area contributed by atoms with Crippen LogP contribution in [0, 0.1) is 5.92 Å². The van der Waals surface area contributed by atoms with E-state index in [9.17, 15) is 4.79 Å². The molecule has 0 aliphatic carbocycles. The van der Waals surface area contributed by atoms with Crippen LogP contribution in [0.25, 0.3) is 0 Å². The molecule has 2 N–H and O–H groups in total. The smallest absolute Gasteiger partial charge is 0.320 e. The molecule has 2 rings (SSSR count). The Balaban J connectivity index is 2.15. The normalized spacial score (nSPS) is 30.3. The lowest BCUT2D eigenvalue weighted by atomic mass is 9.95. The summed E-state index contributed by atoms with van der Waals surface area (Å²) in [7, 11) is 0. The van der Waals surface area contributed by atoms with Crippen molar-refractivity contribution in [1.29, 1.82) is 0 Å². The topological polar surface area (TPSA) is 49.3 Å². The lowest BCUT2D eigenvalue weighted by Crippen LogP contribution is -2.31. The zero-order valence-electron chi connectivity index (χ0n) is 8.68. The Morgan fingerprint density at radius 1 is 1.40 bits per heavy atom. The van der Waals surface area contributed by atoms with E-state index in [1.165, 1.54) is 5.56 Å². The molecule has 1 fully saturated rings. The van der Waals surface area contributed by atoms with E-state index in [1.807, 2.05) is 30.3 Å². The Hall–Kier alpha value is -1.35. The predicted molar refractivity (Wildman–Crippen MR) is 57.5 cm³/mol. The molecular weight excluding hydrogens is 190 g/mol. The zero-order valence-corrected chi connectivity index (χ0v) is 8.68. The van der Waals surface area contributed by atoms with Crippen LogP contribution in [0.4, 0.5) is 0 Å². The molecule has 15 heavy (non-hydrogen) atoms. The maximum atomic E-state index is 10.9. The van der Waals surface area contributed by atoms with Gasteiger partial charge in [0.1, 0.15) is 6.04 Å². The van der Waals surface area contributed by atoms with E-state index in [2.05, 4.69) is 12.2 Å². The standard InChI is InChI=1S/C12H15NO2/c1-8-7-10(12(14)15)13-11(8)9-5-3-2-4-6-9/h2-6,8,10-11,13H,7H2,1H3,(H,14,15)/t8-,10+,11-/m0/s1. The lowest BCUT2D eigenvalue weighted by Gasteiger charge is -2.15. The number of carboxylic acids is 1. The largest absolute Gasteiger partial charge is 0.480 e. The van der Waals surface area contributed by atoms with Gasteiger partial charge in [0.15, 0.2) is 0 Å². The molecule has 3 nitrogen and oxygen atoms in total. The van der Waals surface area contributed by atoms with Crippen molar-refractivity contribution >= 4 is 5.97 Å². The van der Waals surface area contributed by atoms with Crippen LogP contribution >= 0.6 is 0 Å². The number of rotatable bonds is 2. The Bertz CT molecular complexity index is 350. The minimum atomic E-state index is -0.750. The maximum Gasteiger partial charge on any atom is 0.320 e. The first kappa shape index (κ1) is 10.2. The minimum absolute atomic E-state index is 0.173. The van der Waals surface area contributed by atoms with Crippen LogP contribution in [0.5, 0.6) is 0 Å². The van der Waals surface area contributed by atoms with Gasteiger partial charge >= 0.3 is 5.97 Å². The van der Waals surface area contributed by atoms with Gasteiger partial charge in [0.05, 0.1) is 0 Å². The van der Waals surface area contributed by atoms with Gasteiger partial charge in [-0.2, -0.15) is 0 Å². The van der Waals surface area contributed by atoms with Gasteiger partial charge in [-0.05, 0) is 17.9 Å². The lowest BCUT2D eigenvalue weighted by molar-refractivity contribution is -0.139. The molecule has 0 bridgehead atoms. The molecule has 1 heterocycles. The summed E-state index contributed by atoms with van der Waals surface area (Å²) in [5.74, 6) is -0.381. The van der Waals surface area contributed by atoms with Gasteiger partial charge in [0.25, 0.3) is 0 Å². The highest BCUT2D eigenvalue weighted by Gasteiger charge is 2.35. The van der Waals surface area contributed by atoms with E-state index < -0.39 is 12.0 Å². The summed E-state index contributed by atoms with van der Waals surface area (Å²) in [5, 5.41) is 12.1. The predicted octanol–water partition coefficient (Wildman–Crippen LogP) is 1.81.